The fourth-order valence-electron chi connectivity index (χ4n) is 2.49. The van der Waals surface area contributed by atoms with Crippen LogP contribution in [0.4, 0.5) is 5.69 Å². The highest BCUT2D eigenvalue weighted by molar-refractivity contribution is 5.48. The molecule has 1 aliphatic rings. The van der Waals surface area contributed by atoms with E-state index in [9.17, 15) is 5.11 Å². The van der Waals surface area contributed by atoms with E-state index >= 15 is 0 Å². The van der Waals surface area contributed by atoms with Crippen LogP contribution in [0.25, 0.3) is 0 Å². The van der Waals surface area contributed by atoms with Crippen molar-refractivity contribution >= 4 is 5.69 Å². The Hall–Kier alpha value is -1.06. The molecule has 0 saturated carbocycles. The number of anilines is 1. The fourth-order valence-corrected chi connectivity index (χ4v) is 2.49. The molecule has 0 amide bonds. The first-order chi connectivity index (χ1) is 8.59. The van der Waals surface area contributed by atoms with Crippen LogP contribution >= 0.6 is 0 Å². The Labute approximate surface area is 110 Å². The van der Waals surface area contributed by atoms with Gasteiger partial charge in [0.25, 0.3) is 0 Å². The number of aliphatic hydroxyl groups excluding tert-OH is 1. The van der Waals surface area contributed by atoms with Crippen molar-refractivity contribution in [1.29, 1.82) is 0 Å². The second-order valence-corrected chi connectivity index (χ2v) is 5.55. The third-order valence-corrected chi connectivity index (χ3v) is 3.80. The van der Waals surface area contributed by atoms with E-state index in [0.717, 1.165) is 18.7 Å². The molecule has 1 saturated heterocycles. The molecule has 2 rings (SSSR count). The molecule has 0 aromatic heterocycles. The van der Waals surface area contributed by atoms with Crippen LogP contribution in [0.2, 0.25) is 0 Å². The van der Waals surface area contributed by atoms with E-state index in [0.29, 0.717) is 0 Å². The molecule has 0 spiro atoms. The first-order valence-electron chi connectivity index (χ1n) is 6.88. The molecular formula is C15H24N2O. The number of hydrogen-bond donors (Lipinski definition) is 2. The van der Waals surface area contributed by atoms with Crippen molar-refractivity contribution in [3.05, 3.63) is 29.8 Å². The first-order valence-corrected chi connectivity index (χ1v) is 6.88. The van der Waals surface area contributed by atoms with Gasteiger partial charge in [0.1, 0.15) is 0 Å². The van der Waals surface area contributed by atoms with Crippen LogP contribution < -0.4 is 10.6 Å². The van der Waals surface area contributed by atoms with E-state index in [2.05, 4.69) is 17.0 Å². The van der Waals surface area contributed by atoms with Gasteiger partial charge in [-0.1, -0.05) is 26.0 Å². The van der Waals surface area contributed by atoms with Gasteiger partial charge in [-0.2, -0.15) is 0 Å². The summed E-state index contributed by atoms with van der Waals surface area (Å²) in [7, 11) is 0. The average Bonchev–Trinajstić information content (AvgIpc) is 2.91. The van der Waals surface area contributed by atoms with Crippen LogP contribution in [0.1, 0.15) is 38.3 Å². The van der Waals surface area contributed by atoms with Gasteiger partial charge >= 0.3 is 0 Å². The largest absolute Gasteiger partial charge is 0.391 e. The van der Waals surface area contributed by atoms with Gasteiger partial charge in [0, 0.05) is 18.8 Å². The number of rotatable bonds is 4. The number of aliphatic hydroxyl groups is 1. The second kappa shape index (κ2) is 5.72. The van der Waals surface area contributed by atoms with Crippen molar-refractivity contribution in [3.8, 4) is 0 Å². The lowest BCUT2D eigenvalue weighted by Gasteiger charge is -2.23. The summed E-state index contributed by atoms with van der Waals surface area (Å²) in [5.74, 6) is 0.179. The Morgan fingerprint density at radius 3 is 2.17 bits per heavy atom. The highest BCUT2D eigenvalue weighted by atomic mass is 16.3. The smallest absolute Gasteiger partial charge is 0.0755 e. The average molecular weight is 248 g/mol. The van der Waals surface area contributed by atoms with Crippen molar-refractivity contribution < 1.29 is 5.11 Å². The molecule has 0 unspecified atom stereocenters. The van der Waals surface area contributed by atoms with Crippen molar-refractivity contribution in [1.82, 2.24) is 0 Å². The Morgan fingerprint density at radius 2 is 1.67 bits per heavy atom. The van der Waals surface area contributed by atoms with Crippen LogP contribution in [0.3, 0.4) is 0 Å². The summed E-state index contributed by atoms with van der Waals surface area (Å²) in [5.41, 5.74) is 8.36. The molecule has 3 nitrogen and oxygen atoms in total. The fraction of sp³-hybridized carbons (Fsp3) is 0.600. The van der Waals surface area contributed by atoms with E-state index in [1.165, 1.54) is 18.5 Å². The van der Waals surface area contributed by atoms with Gasteiger partial charge < -0.3 is 15.7 Å². The van der Waals surface area contributed by atoms with Crippen LogP contribution in [-0.2, 0) is 0 Å². The molecule has 0 radical (unpaired) electrons. The molecule has 1 aromatic carbocycles. The Morgan fingerprint density at radius 1 is 1.11 bits per heavy atom. The normalized spacial score (nSPS) is 19.3. The summed E-state index contributed by atoms with van der Waals surface area (Å²) < 4.78 is 0. The Bertz CT molecular complexity index is 369. The van der Waals surface area contributed by atoms with E-state index in [1.54, 1.807) is 0 Å². The molecule has 1 aromatic rings. The molecule has 1 fully saturated rings. The molecule has 3 N–H and O–H groups in total. The second-order valence-electron chi connectivity index (χ2n) is 5.55. The SMILES string of the molecule is CC(C)[C@@H](O)[C@@H](N)c1ccc(N2CCCC2)cc1. The van der Waals surface area contributed by atoms with Gasteiger partial charge in [0.05, 0.1) is 12.1 Å². The Kier molecular flexibility index (Phi) is 4.25. The standard InChI is InChI=1S/C15H24N2O/c1-11(2)15(18)14(16)12-5-7-13(8-6-12)17-9-3-4-10-17/h5-8,11,14-15,18H,3-4,9-10,16H2,1-2H3/t14-,15+/m0/s1. The van der Waals surface area contributed by atoms with Crippen LogP contribution in [0.5, 0.6) is 0 Å². The maximum atomic E-state index is 9.99. The van der Waals surface area contributed by atoms with E-state index in [-0.39, 0.29) is 12.0 Å². The molecule has 1 heterocycles. The molecule has 3 heteroatoms. The molecule has 1 aliphatic heterocycles. The minimum Gasteiger partial charge on any atom is -0.391 e. The van der Waals surface area contributed by atoms with Gasteiger partial charge in [-0.05, 0) is 36.5 Å². The quantitative estimate of drug-likeness (QED) is 0.859. The topological polar surface area (TPSA) is 49.5 Å². The van der Waals surface area contributed by atoms with Gasteiger partial charge in [0.2, 0.25) is 0 Å². The molecule has 18 heavy (non-hydrogen) atoms. The highest BCUT2D eigenvalue weighted by Gasteiger charge is 2.20. The van der Waals surface area contributed by atoms with E-state index in [4.69, 9.17) is 5.73 Å². The third kappa shape index (κ3) is 2.85. The summed E-state index contributed by atoms with van der Waals surface area (Å²) in [6.45, 7) is 6.28. The number of benzene rings is 1. The van der Waals surface area contributed by atoms with Crippen LogP contribution in [0, 0.1) is 5.92 Å². The summed E-state index contributed by atoms with van der Waals surface area (Å²) in [4.78, 5) is 2.40. The Balaban J connectivity index is 2.07. The molecule has 2 atom stereocenters. The van der Waals surface area contributed by atoms with Gasteiger partial charge in [-0.3, -0.25) is 0 Å². The number of hydrogen-bond acceptors (Lipinski definition) is 3. The summed E-state index contributed by atoms with van der Waals surface area (Å²) in [6, 6.07) is 8.03. The monoisotopic (exact) mass is 248 g/mol. The summed E-state index contributed by atoms with van der Waals surface area (Å²) in [5, 5.41) is 9.99. The van der Waals surface area contributed by atoms with Gasteiger partial charge in [-0.25, -0.2) is 0 Å². The lowest BCUT2D eigenvalue weighted by Crippen LogP contribution is -2.30. The van der Waals surface area contributed by atoms with E-state index < -0.39 is 6.10 Å². The first kappa shape index (κ1) is 13.4. The number of nitrogens with zero attached hydrogens (tertiary/aromatic N) is 1. The molecule has 100 valence electrons. The van der Waals surface area contributed by atoms with Crippen LogP contribution in [-0.4, -0.2) is 24.3 Å². The zero-order valence-electron chi connectivity index (χ0n) is 11.3. The van der Waals surface area contributed by atoms with Crippen molar-refractivity contribution in [3.63, 3.8) is 0 Å². The number of nitrogens with two attached hydrogens (primary N) is 1. The predicted octanol–water partition coefficient (Wildman–Crippen LogP) is 2.30. The highest BCUT2D eigenvalue weighted by Crippen LogP contribution is 2.24. The predicted molar refractivity (Wildman–Crippen MR) is 75.7 cm³/mol. The van der Waals surface area contributed by atoms with Crippen molar-refractivity contribution in [2.24, 2.45) is 11.7 Å². The van der Waals surface area contributed by atoms with Crippen molar-refractivity contribution in [2.45, 2.75) is 38.8 Å². The van der Waals surface area contributed by atoms with Gasteiger partial charge in [-0.15, -0.1) is 0 Å². The summed E-state index contributed by atoms with van der Waals surface area (Å²) >= 11 is 0. The summed E-state index contributed by atoms with van der Waals surface area (Å²) in [6.07, 6.45) is 2.09. The minimum absolute atomic E-state index is 0.179. The molecule has 0 bridgehead atoms. The molecule has 0 aliphatic carbocycles. The van der Waals surface area contributed by atoms with Crippen molar-refractivity contribution in [2.75, 3.05) is 18.0 Å². The molecular weight excluding hydrogens is 224 g/mol. The lowest BCUT2D eigenvalue weighted by atomic mass is 9.94. The minimum atomic E-state index is -0.484. The maximum Gasteiger partial charge on any atom is 0.0755 e. The van der Waals surface area contributed by atoms with Crippen LogP contribution in [0.15, 0.2) is 24.3 Å². The maximum absolute atomic E-state index is 9.99. The third-order valence-electron chi connectivity index (χ3n) is 3.80. The zero-order chi connectivity index (χ0) is 13.1. The lowest BCUT2D eigenvalue weighted by molar-refractivity contribution is 0.0979. The van der Waals surface area contributed by atoms with Gasteiger partial charge in [0.15, 0.2) is 0 Å². The zero-order valence-corrected chi connectivity index (χ0v) is 11.3. The van der Waals surface area contributed by atoms with E-state index in [1.807, 2.05) is 26.0 Å².